The Balaban J connectivity index is 1.23. The van der Waals surface area contributed by atoms with Gasteiger partial charge in [0.25, 0.3) is 5.91 Å². The molecule has 1 fully saturated rings. The maximum atomic E-state index is 13.0. The average molecular weight is 531 g/mol. The number of aryl methyl sites for hydroxylation is 1. The first-order valence-corrected chi connectivity index (χ1v) is 13.6. The molecule has 0 spiro atoms. The molecule has 0 aliphatic carbocycles. The number of ether oxygens (including phenoxy) is 1. The normalized spacial score (nSPS) is 14.3. The summed E-state index contributed by atoms with van der Waals surface area (Å²) < 4.78 is 6.49. The van der Waals surface area contributed by atoms with Gasteiger partial charge in [-0.05, 0) is 60.7 Å². The first-order valence-electron chi connectivity index (χ1n) is 12.4. The zero-order valence-electron chi connectivity index (χ0n) is 20.8. The smallest absolute Gasteiger partial charge is 0.266 e. The molecule has 3 aromatic carbocycles. The number of carbonyl (C=O) groups excluding carboxylic acids is 2. The van der Waals surface area contributed by atoms with Crippen molar-refractivity contribution in [1.29, 1.82) is 0 Å². The SMILES string of the molecule is Cc1ccccc1NC(=O)CCCCCN1C(=O)/C(=C/c2cccc(OCc3ccccc3)c2)SC1=S. The zero-order chi connectivity index (χ0) is 26.0. The van der Waals surface area contributed by atoms with Crippen LogP contribution in [0.3, 0.4) is 0 Å². The molecule has 1 aliphatic heterocycles. The van der Waals surface area contributed by atoms with E-state index in [1.54, 1.807) is 4.90 Å². The summed E-state index contributed by atoms with van der Waals surface area (Å²) in [5.74, 6) is 0.695. The van der Waals surface area contributed by atoms with Crippen molar-refractivity contribution in [2.45, 2.75) is 39.2 Å². The molecule has 0 unspecified atom stereocenters. The van der Waals surface area contributed by atoms with E-state index in [9.17, 15) is 9.59 Å². The van der Waals surface area contributed by atoms with Crippen molar-refractivity contribution in [3.63, 3.8) is 0 Å². The molecule has 37 heavy (non-hydrogen) atoms. The van der Waals surface area contributed by atoms with E-state index in [2.05, 4.69) is 5.32 Å². The molecule has 1 heterocycles. The Bertz CT molecular complexity index is 1290. The van der Waals surface area contributed by atoms with Crippen LogP contribution in [0.5, 0.6) is 5.75 Å². The van der Waals surface area contributed by atoms with E-state index >= 15 is 0 Å². The molecule has 190 valence electrons. The third-order valence-electron chi connectivity index (χ3n) is 5.98. The molecule has 3 aromatic rings. The van der Waals surface area contributed by atoms with Crippen molar-refractivity contribution in [2.75, 3.05) is 11.9 Å². The fourth-order valence-corrected chi connectivity index (χ4v) is 5.25. The van der Waals surface area contributed by atoms with Crippen molar-refractivity contribution in [2.24, 2.45) is 0 Å². The fourth-order valence-electron chi connectivity index (χ4n) is 3.94. The number of amides is 2. The summed E-state index contributed by atoms with van der Waals surface area (Å²) >= 11 is 6.80. The number of carbonyl (C=O) groups is 2. The van der Waals surface area contributed by atoms with Gasteiger partial charge in [0, 0.05) is 18.7 Å². The number of nitrogens with zero attached hydrogens (tertiary/aromatic N) is 1. The van der Waals surface area contributed by atoms with Crippen LogP contribution >= 0.6 is 24.0 Å². The summed E-state index contributed by atoms with van der Waals surface area (Å²) in [6.07, 6.45) is 4.72. The minimum absolute atomic E-state index is 0.0119. The maximum absolute atomic E-state index is 13.0. The number of anilines is 1. The number of unbranched alkanes of at least 4 members (excludes halogenated alkanes) is 2. The molecular formula is C30H30N2O3S2. The molecule has 1 saturated heterocycles. The lowest BCUT2D eigenvalue weighted by molar-refractivity contribution is -0.122. The molecule has 1 aliphatic rings. The largest absolute Gasteiger partial charge is 0.489 e. The predicted octanol–water partition coefficient (Wildman–Crippen LogP) is 6.97. The number of hydrogen-bond donors (Lipinski definition) is 1. The van der Waals surface area contributed by atoms with Gasteiger partial charge in [-0.25, -0.2) is 0 Å². The van der Waals surface area contributed by atoms with Gasteiger partial charge in [-0.2, -0.15) is 0 Å². The first kappa shape index (κ1) is 26.6. The lowest BCUT2D eigenvalue weighted by atomic mass is 10.1. The third kappa shape index (κ3) is 7.78. The fraction of sp³-hybridized carbons (Fsp3) is 0.233. The number of hydrogen-bond acceptors (Lipinski definition) is 5. The molecule has 0 aromatic heterocycles. The highest BCUT2D eigenvalue weighted by Gasteiger charge is 2.31. The third-order valence-corrected chi connectivity index (χ3v) is 7.36. The van der Waals surface area contributed by atoms with Crippen LogP contribution in [-0.2, 0) is 16.2 Å². The molecule has 2 amide bonds. The quantitative estimate of drug-likeness (QED) is 0.165. The summed E-state index contributed by atoms with van der Waals surface area (Å²) in [5.41, 5.74) is 3.89. The van der Waals surface area contributed by atoms with Crippen molar-refractivity contribution in [1.82, 2.24) is 4.90 Å². The minimum atomic E-state index is -0.0668. The number of para-hydroxylation sites is 1. The molecular weight excluding hydrogens is 500 g/mol. The molecule has 5 nitrogen and oxygen atoms in total. The van der Waals surface area contributed by atoms with Crippen LogP contribution in [0.15, 0.2) is 83.8 Å². The van der Waals surface area contributed by atoms with Crippen molar-refractivity contribution in [3.05, 3.63) is 100 Å². The second-order valence-corrected chi connectivity index (χ2v) is 10.5. The number of benzene rings is 3. The van der Waals surface area contributed by atoms with Gasteiger partial charge in [0.15, 0.2) is 0 Å². The van der Waals surface area contributed by atoms with Crippen molar-refractivity contribution < 1.29 is 14.3 Å². The maximum Gasteiger partial charge on any atom is 0.266 e. The van der Waals surface area contributed by atoms with Gasteiger partial charge in [0.2, 0.25) is 5.91 Å². The Morgan fingerprint density at radius 2 is 1.78 bits per heavy atom. The highest BCUT2D eigenvalue weighted by atomic mass is 32.2. The number of thioether (sulfide) groups is 1. The van der Waals surface area contributed by atoms with Gasteiger partial charge in [-0.15, -0.1) is 0 Å². The Labute approximate surface area is 227 Å². The van der Waals surface area contributed by atoms with Crippen LogP contribution in [-0.4, -0.2) is 27.6 Å². The second kappa shape index (κ2) is 13.2. The van der Waals surface area contributed by atoms with Crippen LogP contribution < -0.4 is 10.1 Å². The van der Waals surface area contributed by atoms with Gasteiger partial charge < -0.3 is 10.1 Å². The van der Waals surface area contributed by atoms with E-state index in [1.165, 1.54) is 11.8 Å². The van der Waals surface area contributed by atoms with Gasteiger partial charge in [-0.1, -0.05) is 91.1 Å². The summed E-state index contributed by atoms with van der Waals surface area (Å²) in [7, 11) is 0. The van der Waals surface area contributed by atoms with Gasteiger partial charge in [0.1, 0.15) is 16.7 Å². The van der Waals surface area contributed by atoms with Gasteiger partial charge in [0.05, 0.1) is 4.91 Å². The average Bonchev–Trinajstić information content (AvgIpc) is 3.16. The molecule has 1 N–H and O–H groups in total. The Morgan fingerprint density at radius 1 is 1.00 bits per heavy atom. The van der Waals surface area contributed by atoms with Crippen molar-refractivity contribution in [3.8, 4) is 5.75 Å². The summed E-state index contributed by atoms with van der Waals surface area (Å²) in [6.45, 7) is 3.02. The zero-order valence-corrected chi connectivity index (χ0v) is 22.4. The van der Waals surface area contributed by atoms with E-state index in [0.29, 0.717) is 28.8 Å². The Kier molecular flexibility index (Phi) is 9.52. The molecule has 0 saturated carbocycles. The monoisotopic (exact) mass is 530 g/mol. The lowest BCUT2D eigenvalue weighted by Crippen LogP contribution is -2.29. The van der Waals surface area contributed by atoms with E-state index in [0.717, 1.165) is 47.4 Å². The number of rotatable bonds is 11. The summed E-state index contributed by atoms with van der Waals surface area (Å²) in [6, 6.07) is 25.4. The lowest BCUT2D eigenvalue weighted by Gasteiger charge is -2.14. The number of nitrogens with one attached hydrogen (secondary N) is 1. The van der Waals surface area contributed by atoms with Gasteiger partial charge in [-0.3, -0.25) is 14.5 Å². The van der Waals surface area contributed by atoms with E-state index in [1.807, 2.05) is 91.9 Å². The molecule has 0 atom stereocenters. The highest BCUT2D eigenvalue weighted by Crippen LogP contribution is 2.33. The molecule has 0 bridgehead atoms. The van der Waals surface area contributed by atoms with Crippen LogP contribution in [0.4, 0.5) is 5.69 Å². The molecule has 7 heteroatoms. The Hall–Kier alpha value is -3.42. The molecule has 4 rings (SSSR count). The first-order chi connectivity index (χ1) is 18.0. The minimum Gasteiger partial charge on any atom is -0.489 e. The van der Waals surface area contributed by atoms with Crippen LogP contribution in [0.1, 0.15) is 42.4 Å². The van der Waals surface area contributed by atoms with Crippen LogP contribution in [0, 0.1) is 6.92 Å². The predicted molar refractivity (Wildman–Crippen MR) is 155 cm³/mol. The standard InChI is InChI=1S/C30H30N2O3S2/c1-22-11-7-8-16-26(22)31-28(33)17-6-3-9-18-32-29(34)27(37-30(32)36)20-24-14-10-15-25(19-24)35-21-23-12-4-2-5-13-23/h2,4-5,7-8,10-16,19-20H,3,6,9,17-18,21H2,1H3,(H,31,33)/b27-20-. The van der Waals surface area contributed by atoms with E-state index in [4.69, 9.17) is 17.0 Å². The van der Waals surface area contributed by atoms with Crippen LogP contribution in [0.25, 0.3) is 6.08 Å². The summed E-state index contributed by atoms with van der Waals surface area (Å²) in [5, 5.41) is 2.96. The van der Waals surface area contributed by atoms with E-state index < -0.39 is 0 Å². The van der Waals surface area contributed by atoms with Crippen LogP contribution in [0.2, 0.25) is 0 Å². The van der Waals surface area contributed by atoms with Gasteiger partial charge >= 0.3 is 0 Å². The molecule has 0 radical (unpaired) electrons. The van der Waals surface area contributed by atoms with Crippen molar-refractivity contribution >= 4 is 51.9 Å². The number of thiocarbonyl (C=S) groups is 1. The second-order valence-electron chi connectivity index (χ2n) is 8.85. The highest BCUT2D eigenvalue weighted by molar-refractivity contribution is 8.26. The van der Waals surface area contributed by atoms with E-state index in [-0.39, 0.29) is 11.8 Å². The summed E-state index contributed by atoms with van der Waals surface area (Å²) in [4.78, 5) is 27.5. The topological polar surface area (TPSA) is 58.6 Å². The Morgan fingerprint density at radius 3 is 2.59 bits per heavy atom.